The largest absolute Gasteiger partial charge is 0.481 e. The van der Waals surface area contributed by atoms with Gasteiger partial charge in [0.15, 0.2) is 0 Å². The first-order valence-corrected chi connectivity index (χ1v) is 7.23. The third-order valence-electron chi connectivity index (χ3n) is 2.87. The Hall–Kier alpha value is -3.56. The van der Waals surface area contributed by atoms with Gasteiger partial charge in [-0.05, 0) is 12.1 Å². The van der Waals surface area contributed by atoms with Crippen LogP contribution in [0, 0.1) is 0 Å². The molecule has 0 radical (unpaired) electrons. The molecule has 0 aliphatic heterocycles. The summed E-state index contributed by atoms with van der Waals surface area (Å²) in [5.41, 5.74) is -0.737. The minimum absolute atomic E-state index is 0.368. The second-order valence-electron chi connectivity index (χ2n) is 4.86. The first-order chi connectivity index (χ1) is 12.2. The lowest BCUT2D eigenvalue weighted by Gasteiger charge is -2.07. The smallest absolute Gasteiger partial charge is 0.346 e. The average molecular weight is 366 g/mol. The lowest BCUT2D eigenvalue weighted by molar-refractivity contribution is -0.144. The van der Waals surface area contributed by atoms with Gasteiger partial charge in [-0.15, -0.1) is 0 Å². The molecule has 0 bridgehead atoms. The van der Waals surface area contributed by atoms with Crippen molar-refractivity contribution < 1.29 is 48.5 Å². The fourth-order valence-electron chi connectivity index (χ4n) is 1.68. The van der Waals surface area contributed by atoms with Crippen LogP contribution in [0.25, 0.3) is 0 Å². The van der Waals surface area contributed by atoms with Crippen LogP contribution in [0.5, 0.6) is 0 Å². The van der Waals surface area contributed by atoms with Gasteiger partial charge in [0.25, 0.3) is 0 Å². The summed E-state index contributed by atoms with van der Waals surface area (Å²) in [6.07, 6.45) is -2.15. The number of carboxylic acids is 2. The Balaban J connectivity index is 2.79. The zero-order valence-corrected chi connectivity index (χ0v) is 13.3. The van der Waals surface area contributed by atoms with Gasteiger partial charge in [-0.1, -0.05) is 12.1 Å². The van der Waals surface area contributed by atoms with Crippen LogP contribution in [0.3, 0.4) is 0 Å². The number of rotatable bonds is 8. The number of carboxylic acid groups (broad SMARTS) is 2. The van der Waals surface area contributed by atoms with Crippen LogP contribution in [0.4, 0.5) is 0 Å². The number of ether oxygens (including phenoxy) is 2. The van der Waals surface area contributed by atoms with Gasteiger partial charge in [0.1, 0.15) is 0 Å². The quantitative estimate of drug-likeness (QED) is 0.496. The van der Waals surface area contributed by atoms with Gasteiger partial charge < -0.3 is 19.7 Å². The van der Waals surface area contributed by atoms with Crippen LogP contribution >= 0.6 is 0 Å². The maximum absolute atomic E-state index is 12.0. The van der Waals surface area contributed by atoms with E-state index in [0.29, 0.717) is 0 Å². The van der Waals surface area contributed by atoms with E-state index in [-0.39, 0.29) is 11.1 Å². The van der Waals surface area contributed by atoms with E-state index in [9.17, 15) is 28.8 Å². The summed E-state index contributed by atoms with van der Waals surface area (Å²) in [6.45, 7) is 0. The van der Waals surface area contributed by atoms with E-state index in [1.54, 1.807) is 0 Å². The summed E-state index contributed by atoms with van der Waals surface area (Å²) in [6, 6.07) is 5.01. The van der Waals surface area contributed by atoms with Crippen molar-refractivity contribution in [2.75, 3.05) is 0 Å². The minimum atomic E-state index is -1.25. The van der Waals surface area contributed by atoms with Crippen molar-refractivity contribution in [3.63, 3.8) is 0 Å². The summed E-state index contributed by atoms with van der Waals surface area (Å²) < 4.78 is 8.90. The van der Waals surface area contributed by atoms with Crippen molar-refractivity contribution in [1.29, 1.82) is 0 Å². The number of hydrogen-bond donors (Lipinski definition) is 2. The first kappa shape index (κ1) is 20.5. The van der Waals surface area contributed by atoms with Crippen molar-refractivity contribution in [1.82, 2.24) is 0 Å². The van der Waals surface area contributed by atoms with Crippen LogP contribution in [0.2, 0.25) is 0 Å². The molecule has 0 spiro atoms. The molecule has 0 aliphatic rings. The highest BCUT2D eigenvalue weighted by atomic mass is 16.6. The van der Waals surface area contributed by atoms with E-state index in [0.717, 1.165) is 12.1 Å². The van der Waals surface area contributed by atoms with Gasteiger partial charge in [0, 0.05) is 0 Å². The molecule has 1 rings (SSSR count). The summed E-state index contributed by atoms with van der Waals surface area (Å²) in [7, 11) is 0. The summed E-state index contributed by atoms with van der Waals surface area (Å²) >= 11 is 0. The number of esters is 4. The standard InChI is InChI=1S/C16H14O10/c17-11(18)5-7-13(21)25-15(23)9-3-1-2-4-10(9)16(24)26-14(22)8-6-12(19)20/h1-4H,5-8H2,(H,17,18)(H,19,20). The van der Waals surface area contributed by atoms with Gasteiger partial charge in [0.2, 0.25) is 0 Å². The molecule has 2 N–H and O–H groups in total. The predicted octanol–water partition coefficient (Wildman–Crippen LogP) is 0.783. The maximum atomic E-state index is 12.0. The number of aliphatic carboxylic acids is 2. The van der Waals surface area contributed by atoms with Crippen molar-refractivity contribution in [3.05, 3.63) is 35.4 Å². The van der Waals surface area contributed by atoms with E-state index in [2.05, 4.69) is 9.47 Å². The fraction of sp³-hybridized carbons (Fsp3) is 0.250. The molecular formula is C16H14O10. The van der Waals surface area contributed by atoms with Gasteiger partial charge in [-0.25, -0.2) is 9.59 Å². The molecule has 0 atom stereocenters. The molecule has 0 amide bonds. The molecule has 0 saturated heterocycles. The molecule has 0 fully saturated rings. The van der Waals surface area contributed by atoms with Gasteiger partial charge in [0.05, 0.1) is 36.8 Å². The second-order valence-corrected chi connectivity index (χ2v) is 4.86. The Labute approximate surface area is 146 Å². The molecule has 0 aromatic heterocycles. The molecule has 0 saturated carbocycles. The van der Waals surface area contributed by atoms with Crippen LogP contribution in [0.15, 0.2) is 24.3 Å². The first-order valence-electron chi connectivity index (χ1n) is 7.23. The summed E-state index contributed by atoms with van der Waals surface area (Å²) in [5, 5.41) is 16.9. The highest BCUT2D eigenvalue weighted by molar-refractivity contribution is 6.08. The Morgan fingerprint density at radius 3 is 1.31 bits per heavy atom. The third-order valence-corrected chi connectivity index (χ3v) is 2.87. The van der Waals surface area contributed by atoms with E-state index in [4.69, 9.17) is 10.2 Å². The Kier molecular flexibility index (Phi) is 7.62. The molecule has 0 heterocycles. The number of hydrogen-bond acceptors (Lipinski definition) is 8. The van der Waals surface area contributed by atoms with E-state index < -0.39 is 61.5 Å². The molecule has 1 aromatic carbocycles. The summed E-state index contributed by atoms with van der Waals surface area (Å²) in [5.74, 6) is -7.13. The van der Waals surface area contributed by atoms with Crippen LogP contribution in [0.1, 0.15) is 46.4 Å². The molecule has 10 nitrogen and oxygen atoms in total. The molecule has 0 aliphatic carbocycles. The number of carbonyl (C=O) groups is 6. The van der Waals surface area contributed by atoms with Crippen molar-refractivity contribution >= 4 is 35.8 Å². The van der Waals surface area contributed by atoms with E-state index in [1.165, 1.54) is 12.1 Å². The highest BCUT2D eigenvalue weighted by Gasteiger charge is 2.23. The van der Waals surface area contributed by atoms with E-state index in [1.807, 2.05) is 0 Å². The highest BCUT2D eigenvalue weighted by Crippen LogP contribution is 2.13. The maximum Gasteiger partial charge on any atom is 0.346 e. The van der Waals surface area contributed by atoms with Crippen LogP contribution < -0.4 is 0 Å². The predicted molar refractivity (Wildman–Crippen MR) is 81.0 cm³/mol. The zero-order chi connectivity index (χ0) is 19.7. The molecule has 1 aromatic rings. The normalized spacial score (nSPS) is 9.85. The molecule has 10 heteroatoms. The SMILES string of the molecule is O=C(O)CCC(=O)OC(=O)c1ccccc1C(=O)OC(=O)CCC(=O)O. The lowest BCUT2D eigenvalue weighted by atomic mass is 10.1. The molecule has 138 valence electrons. The topological polar surface area (TPSA) is 161 Å². The molecule has 26 heavy (non-hydrogen) atoms. The van der Waals surface area contributed by atoms with Crippen molar-refractivity contribution in [2.45, 2.75) is 25.7 Å². The number of carbonyl (C=O) groups excluding carboxylic acids is 4. The minimum Gasteiger partial charge on any atom is -0.481 e. The van der Waals surface area contributed by atoms with Crippen molar-refractivity contribution in [2.24, 2.45) is 0 Å². The monoisotopic (exact) mass is 366 g/mol. The van der Waals surface area contributed by atoms with E-state index >= 15 is 0 Å². The third kappa shape index (κ3) is 6.91. The fourth-order valence-corrected chi connectivity index (χ4v) is 1.68. The molecular weight excluding hydrogens is 352 g/mol. The summed E-state index contributed by atoms with van der Waals surface area (Å²) in [4.78, 5) is 67.5. The second kappa shape index (κ2) is 9.67. The molecule has 0 unspecified atom stereocenters. The van der Waals surface area contributed by atoms with Crippen LogP contribution in [-0.4, -0.2) is 46.0 Å². The van der Waals surface area contributed by atoms with Crippen LogP contribution in [-0.2, 0) is 28.7 Å². The average Bonchev–Trinajstić information content (AvgIpc) is 2.58. The van der Waals surface area contributed by atoms with Gasteiger partial charge >= 0.3 is 35.8 Å². The Morgan fingerprint density at radius 2 is 1.00 bits per heavy atom. The van der Waals surface area contributed by atoms with Gasteiger partial charge in [-0.2, -0.15) is 0 Å². The zero-order valence-electron chi connectivity index (χ0n) is 13.3. The van der Waals surface area contributed by atoms with Crippen molar-refractivity contribution in [3.8, 4) is 0 Å². The van der Waals surface area contributed by atoms with Gasteiger partial charge in [-0.3, -0.25) is 19.2 Å². The lowest BCUT2D eigenvalue weighted by Crippen LogP contribution is -2.19. The Morgan fingerprint density at radius 1 is 0.654 bits per heavy atom. The Bertz CT molecular complexity index is 686. The number of benzene rings is 1.